The van der Waals surface area contributed by atoms with Crippen molar-refractivity contribution in [3.05, 3.63) is 42.4 Å². The molecule has 8 nitrogen and oxygen atoms in total. The maximum atomic E-state index is 12.3. The average Bonchev–Trinajstić information content (AvgIpc) is 3.21. The third-order valence-corrected chi connectivity index (χ3v) is 5.02. The van der Waals surface area contributed by atoms with Gasteiger partial charge in [0.1, 0.15) is 15.9 Å². The molecular formula is C13H12N4O4S2. The van der Waals surface area contributed by atoms with Gasteiger partial charge < -0.3 is 9.73 Å². The predicted molar refractivity (Wildman–Crippen MR) is 83.6 cm³/mol. The summed E-state index contributed by atoms with van der Waals surface area (Å²) in [6.07, 6.45) is 1.39. The topological polar surface area (TPSA) is 114 Å². The van der Waals surface area contributed by atoms with Gasteiger partial charge in [0.2, 0.25) is 10.0 Å². The molecule has 2 heterocycles. The fraction of sp³-hybridized carbons (Fsp3) is 0.154. The van der Waals surface area contributed by atoms with Crippen LogP contribution < -0.4 is 10.0 Å². The molecular weight excluding hydrogens is 340 g/mol. The van der Waals surface area contributed by atoms with Crippen molar-refractivity contribution in [3.63, 3.8) is 0 Å². The summed E-state index contributed by atoms with van der Waals surface area (Å²) in [5.74, 6) is -0.230. The fourth-order valence-corrected chi connectivity index (χ4v) is 3.73. The van der Waals surface area contributed by atoms with Gasteiger partial charge in [-0.1, -0.05) is 6.07 Å². The zero-order valence-corrected chi connectivity index (χ0v) is 13.4. The summed E-state index contributed by atoms with van der Waals surface area (Å²) in [4.78, 5) is 11.7. The summed E-state index contributed by atoms with van der Waals surface area (Å²) in [7, 11) is -3.73. The van der Waals surface area contributed by atoms with E-state index in [-0.39, 0.29) is 23.7 Å². The van der Waals surface area contributed by atoms with E-state index in [1.165, 1.54) is 18.4 Å². The van der Waals surface area contributed by atoms with Crippen LogP contribution in [0.15, 0.2) is 45.9 Å². The lowest BCUT2D eigenvalue weighted by molar-refractivity contribution is 0.0926. The zero-order valence-electron chi connectivity index (χ0n) is 11.7. The van der Waals surface area contributed by atoms with E-state index in [0.717, 1.165) is 11.7 Å². The standard InChI is InChI=1S/C13H12N4O4S2/c18-13(10-4-2-8-21-10)14-6-7-15-23(19,20)11-5-1-3-9-12(11)17-22-16-9/h1-5,8,15H,6-7H2,(H,14,18). The number of fused-ring (bicyclic) bond motifs is 1. The van der Waals surface area contributed by atoms with Crippen molar-refractivity contribution in [1.82, 2.24) is 18.8 Å². The molecule has 0 bridgehead atoms. The molecule has 0 fully saturated rings. The lowest BCUT2D eigenvalue weighted by Crippen LogP contribution is -2.34. The lowest BCUT2D eigenvalue weighted by atomic mass is 10.3. The van der Waals surface area contributed by atoms with Crippen LogP contribution in [0.5, 0.6) is 0 Å². The molecule has 2 N–H and O–H groups in total. The van der Waals surface area contributed by atoms with E-state index in [2.05, 4.69) is 18.8 Å². The minimum absolute atomic E-state index is 0.0444. The van der Waals surface area contributed by atoms with E-state index in [1.807, 2.05) is 0 Å². The van der Waals surface area contributed by atoms with Crippen LogP contribution in [-0.4, -0.2) is 36.2 Å². The minimum atomic E-state index is -3.73. The van der Waals surface area contributed by atoms with Crippen LogP contribution in [0, 0.1) is 0 Å². The Labute approximate surface area is 135 Å². The number of nitrogens with one attached hydrogen (secondary N) is 2. The predicted octanol–water partition coefficient (Wildman–Crippen LogP) is 0.993. The monoisotopic (exact) mass is 352 g/mol. The van der Waals surface area contributed by atoms with E-state index < -0.39 is 15.9 Å². The molecule has 0 spiro atoms. The number of sulfonamides is 1. The lowest BCUT2D eigenvalue weighted by Gasteiger charge is -2.07. The molecule has 0 saturated carbocycles. The quantitative estimate of drug-likeness (QED) is 0.640. The number of carbonyl (C=O) groups excluding carboxylic acids is 1. The zero-order chi connectivity index (χ0) is 16.3. The van der Waals surface area contributed by atoms with Crippen molar-refractivity contribution in [2.45, 2.75) is 4.90 Å². The summed E-state index contributed by atoms with van der Waals surface area (Å²) in [5, 5.41) is 2.56. The SMILES string of the molecule is O=C(NCCNS(=O)(=O)c1cccc2nsnc12)c1ccco1. The number of hydrogen-bond donors (Lipinski definition) is 2. The van der Waals surface area contributed by atoms with Crippen molar-refractivity contribution >= 4 is 38.7 Å². The van der Waals surface area contributed by atoms with Crippen LogP contribution in [0.4, 0.5) is 0 Å². The fourth-order valence-electron chi connectivity index (χ4n) is 1.93. The molecule has 3 rings (SSSR count). The van der Waals surface area contributed by atoms with Crippen LogP contribution in [0.1, 0.15) is 10.6 Å². The van der Waals surface area contributed by atoms with Gasteiger partial charge >= 0.3 is 0 Å². The van der Waals surface area contributed by atoms with Gasteiger partial charge in [-0.3, -0.25) is 4.79 Å². The summed E-state index contributed by atoms with van der Waals surface area (Å²) < 4.78 is 40.0. The van der Waals surface area contributed by atoms with Crippen molar-refractivity contribution in [2.24, 2.45) is 0 Å². The van der Waals surface area contributed by atoms with Gasteiger partial charge in [-0.25, -0.2) is 13.1 Å². The maximum Gasteiger partial charge on any atom is 0.287 e. The van der Waals surface area contributed by atoms with Crippen molar-refractivity contribution in [3.8, 4) is 0 Å². The molecule has 0 saturated heterocycles. The van der Waals surface area contributed by atoms with Gasteiger partial charge in [0, 0.05) is 13.1 Å². The highest BCUT2D eigenvalue weighted by atomic mass is 32.2. The van der Waals surface area contributed by atoms with E-state index >= 15 is 0 Å². The highest BCUT2D eigenvalue weighted by Gasteiger charge is 2.19. The first-order valence-corrected chi connectivity index (χ1v) is 8.82. The average molecular weight is 352 g/mol. The highest BCUT2D eigenvalue weighted by Crippen LogP contribution is 2.20. The Hall–Kier alpha value is -2.30. The van der Waals surface area contributed by atoms with E-state index in [9.17, 15) is 13.2 Å². The molecule has 0 aliphatic rings. The number of nitrogens with zero attached hydrogens (tertiary/aromatic N) is 2. The molecule has 3 aromatic rings. The molecule has 2 aromatic heterocycles. The summed E-state index contributed by atoms with van der Waals surface area (Å²) in [6.45, 7) is 0.173. The number of benzene rings is 1. The number of furan rings is 1. The minimum Gasteiger partial charge on any atom is -0.459 e. The van der Waals surface area contributed by atoms with Gasteiger partial charge in [-0.2, -0.15) is 8.75 Å². The Morgan fingerprint density at radius 2 is 2.04 bits per heavy atom. The second kappa shape index (κ2) is 6.44. The summed E-state index contributed by atoms with van der Waals surface area (Å²) in [6, 6.07) is 7.89. The second-order valence-corrected chi connectivity index (χ2v) is 6.78. The number of rotatable bonds is 6. The number of hydrogen-bond acceptors (Lipinski definition) is 7. The number of amides is 1. The first-order valence-electron chi connectivity index (χ1n) is 6.60. The molecule has 0 unspecified atom stereocenters. The van der Waals surface area contributed by atoms with Gasteiger partial charge in [0.15, 0.2) is 5.76 Å². The van der Waals surface area contributed by atoms with Crippen molar-refractivity contribution in [1.29, 1.82) is 0 Å². The smallest absolute Gasteiger partial charge is 0.287 e. The Morgan fingerprint density at radius 3 is 2.83 bits per heavy atom. The van der Waals surface area contributed by atoms with Crippen LogP contribution in [0.2, 0.25) is 0 Å². The van der Waals surface area contributed by atoms with E-state index in [1.54, 1.807) is 18.2 Å². The third kappa shape index (κ3) is 3.38. The first kappa shape index (κ1) is 15.6. The largest absolute Gasteiger partial charge is 0.459 e. The van der Waals surface area contributed by atoms with E-state index in [0.29, 0.717) is 11.0 Å². The van der Waals surface area contributed by atoms with Gasteiger partial charge in [-0.15, -0.1) is 0 Å². The number of carbonyl (C=O) groups is 1. The summed E-state index contributed by atoms with van der Waals surface area (Å²) >= 11 is 0.954. The Balaban J connectivity index is 1.61. The normalized spacial score (nSPS) is 11.7. The van der Waals surface area contributed by atoms with Crippen LogP contribution in [0.25, 0.3) is 11.0 Å². The van der Waals surface area contributed by atoms with Gasteiger partial charge in [-0.05, 0) is 24.3 Å². The highest BCUT2D eigenvalue weighted by molar-refractivity contribution is 7.89. The van der Waals surface area contributed by atoms with Crippen LogP contribution >= 0.6 is 11.7 Å². The van der Waals surface area contributed by atoms with E-state index in [4.69, 9.17) is 4.42 Å². The molecule has 1 aromatic carbocycles. The Morgan fingerprint density at radius 1 is 1.17 bits per heavy atom. The van der Waals surface area contributed by atoms with Crippen LogP contribution in [0.3, 0.4) is 0 Å². The molecule has 0 aliphatic carbocycles. The van der Waals surface area contributed by atoms with Crippen molar-refractivity contribution < 1.29 is 17.6 Å². The maximum absolute atomic E-state index is 12.3. The molecule has 1 amide bonds. The van der Waals surface area contributed by atoms with Crippen molar-refractivity contribution in [2.75, 3.05) is 13.1 Å². The molecule has 10 heteroatoms. The van der Waals surface area contributed by atoms with Crippen LogP contribution in [-0.2, 0) is 10.0 Å². The molecule has 0 atom stereocenters. The molecule has 23 heavy (non-hydrogen) atoms. The second-order valence-electron chi connectivity index (χ2n) is 4.52. The molecule has 0 radical (unpaired) electrons. The van der Waals surface area contributed by atoms with Gasteiger partial charge in [0.25, 0.3) is 5.91 Å². The molecule has 0 aliphatic heterocycles. The Bertz CT molecular complexity index is 919. The van der Waals surface area contributed by atoms with Gasteiger partial charge in [0.05, 0.1) is 18.0 Å². The Kier molecular flexibility index (Phi) is 4.37. The summed E-state index contributed by atoms with van der Waals surface area (Å²) in [5.41, 5.74) is 0.869. The molecule has 120 valence electrons. The first-order chi connectivity index (χ1) is 11.1. The number of aromatic nitrogens is 2. The third-order valence-electron chi connectivity index (χ3n) is 2.99.